The van der Waals surface area contributed by atoms with E-state index in [0.29, 0.717) is 6.42 Å². The molecule has 0 spiro atoms. The third-order valence-electron chi connectivity index (χ3n) is 2.73. The molecule has 0 radical (unpaired) electrons. The summed E-state index contributed by atoms with van der Waals surface area (Å²) >= 11 is 1.76. The average molecular weight is 319 g/mol. The summed E-state index contributed by atoms with van der Waals surface area (Å²) in [5.74, 6) is -0.889. The third kappa shape index (κ3) is 11.1. The van der Waals surface area contributed by atoms with Crippen molar-refractivity contribution < 1.29 is 19.5 Å². The minimum Gasteiger partial charge on any atom is -0.481 e. The number of hydrogen-bond donors (Lipinski definition) is 4. The number of amides is 2. The zero-order valence-electron chi connectivity index (χ0n) is 12.4. The van der Waals surface area contributed by atoms with Gasteiger partial charge in [-0.15, -0.1) is 0 Å². The van der Waals surface area contributed by atoms with E-state index in [4.69, 9.17) is 10.8 Å². The summed E-state index contributed by atoms with van der Waals surface area (Å²) in [4.78, 5) is 34.2. The molecule has 0 aromatic rings. The molecule has 0 aliphatic rings. The Hall–Kier alpha value is -1.28. The van der Waals surface area contributed by atoms with E-state index >= 15 is 0 Å². The minimum atomic E-state index is -1.14. The fourth-order valence-corrected chi connectivity index (χ4v) is 2.17. The van der Waals surface area contributed by atoms with Crippen LogP contribution >= 0.6 is 11.8 Å². The predicted molar refractivity (Wildman–Crippen MR) is 83.1 cm³/mol. The van der Waals surface area contributed by atoms with Gasteiger partial charge in [0.1, 0.15) is 6.04 Å². The van der Waals surface area contributed by atoms with Crippen LogP contribution in [0.25, 0.3) is 0 Å². The molecule has 5 N–H and O–H groups in total. The normalized spacial score (nSPS) is 11.7. The Morgan fingerprint density at radius 2 is 1.95 bits per heavy atom. The average Bonchev–Trinajstić information content (AvgIpc) is 2.43. The first-order valence-electron chi connectivity index (χ1n) is 6.99. The van der Waals surface area contributed by atoms with Gasteiger partial charge in [-0.05, 0) is 24.9 Å². The van der Waals surface area contributed by atoms with Gasteiger partial charge in [0.05, 0.1) is 6.42 Å². The van der Waals surface area contributed by atoms with Gasteiger partial charge in [-0.2, -0.15) is 11.8 Å². The molecule has 0 saturated heterocycles. The Balaban J connectivity index is 4.16. The molecule has 0 aromatic heterocycles. The maximum Gasteiger partial charge on any atom is 0.305 e. The third-order valence-corrected chi connectivity index (χ3v) is 3.42. The van der Waals surface area contributed by atoms with E-state index in [2.05, 4.69) is 10.6 Å². The van der Waals surface area contributed by atoms with E-state index in [1.807, 2.05) is 6.26 Å². The monoisotopic (exact) mass is 319 g/mol. The topological polar surface area (TPSA) is 122 Å². The second-order valence-electron chi connectivity index (χ2n) is 4.60. The number of rotatable bonds is 12. The smallest absolute Gasteiger partial charge is 0.305 e. The van der Waals surface area contributed by atoms with Gasteiger partial charge < -0.3 is 21.5 Å². The van der Waals surface area contributed by atoms with Crippen molar-refractivity contribution in [2.45, 2.75) is 38.1 Å². The number of carboxylic acid groups (broad SMARTS) is 1. The first kappa shape index (κ1) is 19.7. The number of nitrogens with one attached hydrogen (secondary N) is 2. The molecule has 0 unspecified atom stereocenters. The van der Waals surface area contributed by atoms with E-state index < -0.39 is 24.3 Å². The maximum atomic E-state index is 11.7. The van der Waals surface area contributed by atoms with E-state index in [1.54, 1.807) is 11.8 Å². The minimum absolute atomic E-state index is 0.250. The van der Waals surface area contributed by atoms with Crippen molar-refractivity contribution in [2.24, 2.45) is 5.73 Å². The molecule has 122 valence electrons. The summed E-state index contributed by atoms with van der Waals surface area (Å²) in [5, 5.41) is 13.7. The lowest BCUT2D eigenvalue weighted by molar-refractivity contribution is -0.140. The molecule has 7 nitrogen and oxygen atoms in total. The van der Waals surface area contributed by atoms with E-state index in [0.717, 1.165) is 25.0 Å². The van der Waals surface area contributed by atoms with Gasteiger partial charge in [0.2, 0.25) is 11.8 Å². The molecule has 2 amide bonds. The van der Waals surface area contributed by atoms with Gasteiger partial charge in [0.15, 0.2) is 0 Å². The Kier molecular flexibility index (Phi) is 11.7. The largest absolute Gasteiger partial charge is 0.481 e. The van der Waals surface area contributed by atoms with Gasteiger partial charge in [-0.25, -0.2) is 0 Å². The summed E-state index contributed by atoms with van der Waals surface area (Å²) < 4.78 is 0. The van der Waals surface area contributed by atoms with Crippen LogP contribution in [0.4, 0.5) is 0 Å². The van der Waals surface area contributed by atoms with Crippen molar-refractivity contribution in [1.82, 2.24) is 10.6 Å². The molecule has 0 rings (SSSR count). The molecule has 0 saturated carbocycles. The molecule has 0 aliphatic heterocycles. The summed E-state index contributed by atoms with van der Waals surface area (Å²) in [5.41, 5.74) is 5.27. The highest BCUT2D eigenvalue weighted by Crippen LogP contribution is 2.05. The van der Waals surface area contributed by atoms with Crippen molar-refractivity contribution in [2.75, 3.05) is 25.1 Å². The lowest BCUT2D eigenvalue weighted by Crippen LogP contribution is -2.48. The number of unbranched alkanes of at least 4 members (excludes halogenated alkanes) is 2. The van der Waals surface area contributed by atoms with Crippen LogP contribution in [0.5, 0.6) is 0 Å². The van der Waals surface area contributed by atoms with Gasteiger partial charge >= 0.3 is 5.97 Å². The van der Waals surface area contributed by atoms with Gasteiger partial charge in [-0.1, -0.05) is 6.42 Å². The molecule has 21 heavy (non-hydrogen) atoms. The first-order valence-corrected chi connectivity index (χ1v) is 8.38. The number of carbonyl (C=O) groups excluding carboxylic acids is 2. The first-order chi connectivity index (χ1) is 10.0. The van der Waals surface area contributed by atoms with Gasteiger partial charge in [0.25, 0.3) is 0 Å². The fraction of sp³-hybridized carbons (Fsp3) is 0.769. The van der Waals surface area contributed by atoms with Gasteiger partial charge in [0, 0.05) is 19.5 Å². The quantitative estimate of drug-likeness (QED) is 0.374. The van der Waals surface area contributed by atoms with Crippen molar-refractivity contribution in [3.05, 3.63) is 0 Å². The SMILES string of the molecule is CSCCCCCC(=O)N[C@@H](CC(=O)O)C(=O)NCCN. The van der Waals surface area contributed by atoms with Crippen molar-refractivity contribution in [3.8, 4) is 0 Å². The molecule has 8 heteroatoms. The van der Waals surface area contributed by atoms with Crippen LogP contribution in [0.3, 0.4) is 0 Å². The number of hydrogen-bond acceptors (Lipinski definition) is 5. The summed E-state index contributed by atoms with van der Waals surface area (Å²) in [6.45, 7) is 0.508. The standard InChI is InChI=1S/C13H25N3O4S/c1-21-8-4-2-3-5-11(17)16-10(9-12(18)19)13(20)15-7-6-14/h10H,2-9,14H2,1H3,(H,15,20)(H,16,17)(H,18,19)/t10-/m0/s1. The molecule has 1 atom stereocenters. The number of carboxylic acids is 1. The molecule has 0 aliphatic carbocycles. The number of nitrogens with two attached hydrogens (primary N) is 1. The van der Waals surface area contributed by atoms with E-state index in [9.17, 15) is 14.4 Å². The molecular weight excluding hydrogens is 294 g/mol. The zero-order valence-corrected chi connectivity index (χ0v) is 13.2. The summed E-state index contributed by atoms with van der Waals surface area (Å²) in [6, 6.07) is -1.05. The second kappa shape index (κ2) is 12.5. The number of aliphatic carboxylic acids is 1. The molecule has 0 heterocycles. The van der Waals surface area contributed by atoms with Crippen LogP contribution < -0.4 is 16.4 Å². The zero-order chi connectivity index (χ0) is 16.1. The summed E-state index contributed by atoms with van der Waals surface area (Å²) in [6.07, 6.45) is 4.62. The number of carbonyl (C=O) groups is 3. The Bertz CT molecular complexity index is 339. The van der Waals surface area contributed by atoms with Crippen molar-refractivity contribution in [1.29, 1.82) is 0 Å². The highest BCUT2D eigenvalue weighted by atomic mass is 32.2. The van der Waals surface area contributed by atoms with Gasteiger partial charge in [-0.3, -0.25) is 14.4 Å². The van der Waals surface area contributed by atoms with Crippen LogP contribution in [0.2, 0.25) is 0 Å². The highest BCUT2D eigenvalue weighted by molar-refractivity contribution is 7.98. The maximum absolute atomic E-state index is 11.7. The number of thioether (sulfide) groups is 1. The second-order valence-corrected chi connectivity index (χ2v) is 5.59. The van der Waals surface area contributed by atoms with Crippen LogP contribution in [-0.4, -0.2) is 54.0 Å². The molecule has 0 aromatic carbocycles. The van der Waals surface area contributed by atoms with E-state index in [1.165, 1.54) is 0 Å². The van der Waals surface area contributed by atoms with E-state index in [-0.39, 0.29) is 19.0 Å². The molecule has 0 fully saturated rings. The fourth-order valence-electron chi connectivity index (χ4n) is 1.68. The lowest BCUT2D eigenvalue weighted by atomic mass is 10.1. The van der Waals surface area contributed by atoms with Crippen molar-refractivity contribution in [3.63, 3.8) is 0 Å². The molecule has 0 bridgehead atoms. The highest BCUT2D eigenvalue weighted by Gasteiger charge is 2.22. The summed E-state index contributed by atoms with van der Waals surface area (Å²) in [7, 11) is 0. The Morgan fingerprint density at radius 1 is 1.24 bits per heavy atom. The lowest BCUT2D eigenvalue weighted by Gasteiger charge is -2.16. The van der Waals surface area contributed by atoms with Crippen molar-refractivity contribution >= 4 is 29.5 Å². The Morgan fingerprint density at radius 3 is 2.52 bits per heavy atom. The Labute approximate surface area is 129 Å². The predicted octanol–water partition coefficient (Wildman–Crippen LogP) is -0.0558. The van der Waals surface area contributed by atoms with Crippen LogP contribution in [-0.2, 0) is 14.4 Å². The molecular formula is C13H25N3O4S. The van der Waals surface area contributed by atoms with Crippen LogP contribution in [0.1, 0.15) is 32.1 Å². The van der Waals surface area contributed by atoms with Crippen LogP contribution in [0.15, 0.2) is 0 Å². The van der Waals surface area contributed by atoms with Crippen LogP contribution in [0, 0.1) is 0 Å².